The van der Waals surface area contributed by atoms with E-state index in [2.05, 4.69) is 15.1 Å². The van der Waals surface area contributed by atoms with Gasteiger partial charge in [-0.1, -0.05) is 12.1 Å². The summed E-state index contributed by atoms with van der Waals surface area (Å²) in [6.45, 7) is 5.75. The number of amides is 2. The van der Waals surface area contributed by atoms with Crippen LogP contribution in [0, 0.1) is 20.8 Å². The van der Waals surface area contributed by atoms with Gasteiger partial charge in [0.25, 0.3) is 11.8 Å². The highest BCUT2D eigenvalue weighted by atomic mass is 16.2. The molecule has 3 aromatic heterocycles. The number of nitrogens with zero attached hydrogens (tertiary/aromatic N) is 5. The van der Waals surface area contributed by atoms with Gasteiger partial charge >= 0.3 is 0 Å². The molecule has 0 atom stereocenters. The summed E-state index contributed by atoms with van der Waals surface area (Å²) in [5.74, 6) is -0.127. The van der Waals surface area contributed by atoms with Gasteiger partial charge in [-0.25, -0.2) is 14.9 Å². The number of rotatable bonds is 2. The van der Waals surface area contributed by atoms with Crippen molar-refractivity contribution in [3.63, 3.8) is 0 Å². The highest BCUT2D eigenvalue weighted by Gasteiger charge is 2.40. The standard InChI is InChI=1S/C22H17N5O2/c1-12-7-8-15(10-13(12)2)26-21(28)16-11-24-20-18(19(16)22(26)29)14(3)25-27(20)17-6-4-5-9-23-17/h4-11H,1-3H3. The van der Waals surface area contributed by atoms with Crippen molar-refractivity contribution in [3.8, 4) is 5.82 Å². The number of pyridine rings is 2. The Morgan fingerprint density at radius 3 is 2.45 bits per heavy atom. The topological polar surface area (TPSA) is 81.0 Å². The second-order valence-electron chi connectivity index (χ2n) is 7.14. The van der Waals surface area contributed by atoms with E-state index >= 15 is 0 Å². The number of carbonyl (C=O) groups excluding carboxylic acids is 2. The van der Waals surface area contributed by atoms with Crippen LogP contribution in [0.1, 0.15) is 37.5 Å². The second-order valence-corrected chi connectivity index (χ2v) is 7.14. The molecule has 0 saturated heterocycles. The van der Waals surface area contributed by atoms with Crippen LogP contribution in [0.4, 0.5) is 5.69 Å². The van der Waals surface area contributed by atoms with Crippen molar-refractivity contribution < 1.29 is 9.59 Å². The molecule has 29 heavy (non-hydrogen) atoms. The van der Waals surface area contributed by atoms with E-state index in [9.17, 15) is 9.59 Å². The maximum absolute atomic E-state index is 13.3. The van der Waals surface area contributed by atoms with E-state index in [1.807, 2.05) is 44.2 Å². The first-order valence-electron chi connectivity index (χ1n) is 9.23. The van der Waals surface area contributed by atoms with E-state index in [0.717, 1.165) is 11.1 Å². The third-order valence-corrected chi connectivity index (χ3v) is 5.34. The lowest BCUT2D eigenvalue weighted by Gasteiger charge is -2.15. The molecule has 0 fully saturated rings. The van der Waals surface area contributed by atoms with Crippen molar-refractivity contribution in [3.05, 3.63) is 76.7 Å². The van der Waals surface area contributed by atoms with Crippen molar-refractivity contribution >= 4 is 28.5 Å². The van der Waals surface area contributed by atoms with Crippen LogP contribution in [0.5, 0.6) is 0 Å². The number of hydrogen-bond acceptors (Lipinski definition) is 5. The van der Waals surface area contributed by atoms with E-state index in [4.69, 9.17) is 0 Å². The van der Waals surface area contributed by atoms with Gasteiger partial charge in [-0.3, -0.25) is 9.59 Å². The summed E-state index contributed by atoms with van der Waals surface area (Å²) in [5, 5.41) is 5.11. The summed E-state index contributed by atoms with van der Waals surface area (Å²) in [6.07, 6.45) is 3.13. The Morgan fingerprint density at radius 2 is 1.72 bits per heavy atom. The molecule has 0 N–H and O–H groups in total. The summed E-state index contributed by atoms with van der Waals surface area (Å²) in [5.41, 5.74) is 4.44. The van der Waals surface area contributed by atoms with Crippen LogP contribution in [0.25, 0.3) is 16.9 Å². The van der Waals surface area contributed by atoms with Gasteiger partial charge in [0.15, 0.2) is 11.5 Å². The van der Waals surface area contributed by atoms with Gasteiger partial charge in [-0.05, 0) is 56.2 Å². The number of fused-ring (bicyclic) bond motifs is 3. The third kappa shape index (κ3) is 2.40. The third-order valence-electron chi connectivity index (χ3n) is 5.34. The van der Waals surface area contributed by atoms with Crippen LogP contribution in [-0.4, -0.2) is 31.6 Å². The molecular formula is C22H17N5O2. The summed E-state index contributed by atoms with van der Waals surface area (Å²) >= 11 is 0. The predicted octanol–water partition coefficient (Wildman–Crippen LogP) is 3.54. The van der Waals surface area contributed by atoms with Crippen LogP contribution < -0.4 is 4.90 Å². The van der Waals surface area contributed by atoms with Gasteiger partial charge in [0.05, 0.1) is 27.9 Å². The first kappa shape index (κ1) is 17.2. The van der Waals surface area contributed by atoms with Gasteiger partial charge in [-0.15, -0.1) is 0 Å². The zero-order valence-corrected chi connectivity index (χ0v) is 16.2. The van der Waals surface area contributed by atoms with E-state index in [1.165, 1.54) is 11.1 Å². The normalized spacial score (nSPS) is 13.4. The fourth-order valence-electron chi connectivity index (χ4n) is 3.70. The van der Waals surface area contributed by atoms with Gasteiger partial charge in [0, 0.05) is 12.4 Å². The van der Waals surface area contributed by atoms with E-state index in [1.54, 1.807) is 23.9 Å². The molecule has 0 spiro atoms. The Morgan fingerprint density at radius 1 is 0.897 bits per heavy atom. The first-order chi connectivity index (χ1) is 14.0. The average Bonchev–Trinajstić information content (AvgIpc) is 3.19. The zero-order chi connectivity index (χ0) is 20.3. The largest absolute Gasteiger partial charge is 0.268 e. The predicted molar refractivity (Wildman–Crippen MR) is 108 cm³/mol. The average molecular weight is 383 g/mol. The van der Waals surface area contributed by atoms with Gasteiger partial charge in [0.1, 0.15) is 0 Å². The molecule has 0 aliphatic carbocycles. The van der Waals surface area contributed by atoms with Gasteiger partial charge in [-0.2, -0.15) is 9.78 Å². The molecular weight excluding hydrogens is 366 g/mol. The SMILES string of the molecule is Cc1ccc(N2C(=O)c3cnc4c(c(C)nn4-c4ccccn4)c3C2=O)cc1C. The Kier molecular flexibility index (Phi) is 3.61. The smallest absolute Gasteiger partial charge is 0.267 e. The minimum Gasteiger partial charge on any atom is -0.268 e. The lowest BCUT2D eigenvalue weighted by Crippen LogP contribution is -2.29. The molecule has 5 rings (SSSR count). The zero-order valence-electron chi connectivity index (χ0n) is 16.2. The van der Waals surface area contributed by atoms with Crippen LogP contribution in [0.3, 0.4) is 0 Å². The van der Waals surface area contributed by atoms with Crippen molar-refractivity contribution in [2.75, 3.05) is 4.90 Å². The molecule has 0 saturated carbocycles. The number of aromatic nitrogens is 4. The number of carbonyl (C=O) groups is 2. The van der Waals surface area contributed by atoms with Crippen molar-refractivity contribution in [1.82, 2.24) is 19.7 Å². The summed E-state index contributed by atoms with van der Waals surface area (Å²) < 4.78 is 1.60. The molecule has 1 aliphatic heterocycles. The molecule has 0 bridgehead atoms. The molecule has 4 aromatic rings. The second kappa shape index (κ2) is 6.07. The van der Waals surface area contributed by atoms with E-state index in [-0.39, 0.29) is 11.8 Å². The van der Waals surface area contributed by atoms with Crippen molar-refractivity contribution in [2.45, 2.75) is 20.8 Å². The van der Waals surface area contributed by atoms with E-state index < -0.39 is 0 Å². The molecule has 2 amide bonds. The maximum atomic E-state index is 13.3. The monoisotopic (exact) mass is 383 g/mol. The van der Waals surface area contributed by atoms with Crippen LogP contribution in [0.2, 0.25) is 0 Å². The number of hydrogen-bond donors (Lipinski definition) is 0. The fourth-order valence-corrected chi connectivity index (χ4v) is 3.70. The maximum Gasteiger partial charge on any atom is 0.267 e. The van der Waals surface area contributed by atoms with Crippen LogP contribution >= 0.6 is 0 Å². The summed E-state index contributed by atoms with van der Waals surface area (Å²) in [6, 6.07) is 11.0. The molecule has 7 nitrogen and oxygen atoms in total. The first-order valence-corrected chi connectivity index (χ1v) is 9.23. The van der Waals surface area contributed by atoms with Crippen molar-refractivity contribution in [1.29, 1.82) is 0 Å². The number of anilines is 1. The number of aryl methyl sites for hydroxylation is 3. The molecule has 1 aliphatic rings. The molecule has 1 aromatic carbocycles. The molecule has 0 unspecified atom stereocenters. The Hall–Kier alpha value is -3.87. The lowest BCUT2D eigenvalue weighted by atomic mass is 10.1. The molecule has 7 heteroatoms. The van der Waals surface area contributed by atoms with Gasteiger partial charge in [0.2, 0.25) is 0 Å². The minimum absolute atomic E-state index is 0.296. The highest BCUT2D eigenvalue weighted by molar-refractivity contribution is 6.37. The molecule has 4 heterocycles. The Labute approximate surface area is 166 Å². The number of benzene rings is 1. The highest BCUT2D eigenvalue weighted by Crippen LogP contribution is 2.34. The quantitative estimate of drug-likeness (QED) is 0.495. The van der Waals surface area contributed by atoms with Crippen molar-refractivity contribution in [2.24, 2.45) is 0 Å². The summed E-state index contributed by atoms with van der Waals surface area (Å²) in [7, 11) is 0. The number of imide groups is 1. The van der Waals surface area contributed by atoms with Gasteiger partial charge < -0.3 is 0 Å². The Bertz CT molecular complexity index is 1320. The fraction of sp³-hybridized carbons (Fsp3) is 0.136. The van der Waals surface area contributed by atoms with Crippen LogP contribution in [-0.2, 0) is 0 Å². The van der Waals surface area contributed by atoms with Crippen LogP contribution in [0.15, 0.2) is 48.8 Å². The minimum atomic E-state index is -0.368. The lowest BCUT2D eigenvalue weighted by molar-refractivity contribution is 0.0926. The van der Waals surface area contributed by atoms with E-state index in [0.29, 0.717) is 39.4 Å². The molecule has 0 radical (unpaired) electrons. The Balaban J connectivity index is 1.72. The summed E-state index contributed by atoms with van der Waals surface area (Å²) in [4.78, 5) is 36.4. The molecule has 142 valence electrons.